The zero-order valence-electron chi connectivity index (χ0n) is 11.2. The van der Waals surface area contributed by atoms with Crippen LogP contribution in [0.1, 0.15) is 26.2 Å². The number of hydrogen-bond donors (Lipinski definition) is 0. The summed E-state index contributed by atoms with van der Waals surface area (Å²) in [7, 11) is -7.10. The van der Waals surface area contributed by atoms with Gasteiger partial charge in [-0.3, -0.25) is 4.18 Å². The Kier molecular flexibility index (Phi) is 8.70. The zero-order chi connectivity index (χ0) is 14.9. The lowest BCUT2D eigenvalue weighted by atomic mass is 10.2. The van der Waals surface area contributed by atoms with Crippen LogP contribution in [0.15, 0.2) is 0 Å². The van der Waals surface area contributed by atoms with E-state index in [4.69, 9.17) is 4.89 Å². The van der Waals surface area contributed by atoms with Crippen molar-refractivity contribution in [3.05, 3.63) is 0 Å². The van der Waals surface area contributed by atoms with Crippen molar-refractivity contribution in [3.8, 4) is 0 Å². The first-order valence-corrected chi connectivity index (χ1v) is 9.28. The van der Waals surface area contributed by atoms with E-state index in [0.29, 0.717) is 12.8 Å². The molecule has 1 atom stereocenters. The Morgan fingerprint density at radius 3 is 2.11 bits per heavy atom. The highest BCUT2D eigenvalue weighted by molar-refractivity contribution is 7.86. The molecule has 0 fully saturated rings. The standard InChI is InChI=1S/C9H20O8S2/c1-4-14-16-9(17-19(3,12)13)7-5-6-8-15-18(2,10)11/h9H,4-8H2,1-3H3. The lowest BCUT2D eigenvalue weighted by Crippen LogP contribution is -2.21. The average molecular weight is 320 g/mol. The molecule has 0 aliphatic rings. The van der Waals surface area contributed by atoms with Gasteiger partial charge in [-0.1, -0.05) is 0 Å². The third-order valence-corrected chi connectivity index (χ3v) is 2.87. The molecule has 0 spiro atoms. The topological polar surface area (TPSA) is 105 Å². The van der Waals surface area contributed by atoms with Gasteiger partial charge in [-0.05, 0) is 19.8 Å². The third-order valence-electron chi connectivity index (χ3n) is 1.71. The summed E-state index contributed by atoms with van der Waals surface area (Å²) in [4.78, 5) is 9.39. The maximum Gasteiger partial charge on any atom is 0.266 e. The van der Waals surface area contributed by atoms with E-state index in [1.54, 1.807) is 6.92 Å². The van der Waals surface area contributed by atoms with Gasteiger partial charge in [0.05, 0.1) is 25.7 Å². The molecule has 0 aromatic heterocycles. The molecular formula is C9H20O8S2. The van der Waals surface area contributed by atoms with Gasteiger partial charge in [0.2, 0.25) is 6.29 Å². The Morgan fingerprint density at radius 2 is 1.63 bits per heavy atom. The zero-order valence-corrected chi connectivity index (χ0v) is 12.8. The van der Waals surface area contributed by atoms with Gasteiger partial charge in [-0.25, -0.2) is 14.0 Å². The van der Waals surface area contributed by atoms with Crippen molar-refractivity contribution in [1.29, 1.82) is 0 Å². The molecule has 0 saturated carbocycles. The van der Waals surface area contributed by atoms with Gasteiger partial charge in [-0.15, -0.1) is 0 Å². The van der Waals surface area contributed by atoms with Gasteiger partial charge in [-0.2, -0.15) is 16.8 Å². The Balaban J connectivity index is 3.98. The van der Waals surface area contributed by atoms with Gasteiger partial charge >= 0.3 is 0 Å². The molecule has 1 unspecified atom stereocenters. The molecule has 116 valence electrons. The highest BCUT2D eigenvalue weighted by Crippen LogP contribution is 2.10. The molecule has 0 rings (SSSR count). The summed E-state index contributed by atoms with van der Waals surface area (Å²) in [6, 6.07) is 0. The number of unbranched alkanes of at least 4 members (excludes halogenated alkanes) is 1. The molecule has 0 bridgehead atoms. The molecule has 0 saturated heterocycles. The molecule has 0 N–H and O–H groups in total. The Hall–Kier alpha value is -0.260. The fourth-order valence-electron chi connectivity index (χ4n) is 1.07. The van der Waals surface area contributed by atoms with Crippen molar-refractivity contribution in [3.63, 3.8) is 0 Å². The molecule has 10 heteroatoms. The lowest BCUT2D eigenvalue weighted by Gasteiger charge is -2.15. The Labute approximate surface area is 114 Å². The van der Waals surface area contributed by atoms with Crippen LogP contribution in [0.5, 0.6) is 0 Å². The lowest BCUT2D eigenvalue weighted by molar-refractivity contribution is -0.360. The van der Waals surface area contributed by atoms with E-state index >= 15 is 0 Å². The minimum Gasteiger partial charge on any atom is -0.270 e. The normalized spacial score (nSPS) is 14.5. The molecule has 0 amide bonds. The first-order chi connectivity index (χ1) is 8.64. The fourth-order valence-corrected chi connectivity index (χ4v) is 2.01. The van der Waals surface area contributed by atoms with Gasteiger partial charge < -0.3 is 0 Å². The number of hydrogen-bond acceptors (Lipinski definition) is 8. The second-order valence-electron chi connectivity index (χ2n) is 3.75. The Morgan fingerprint density at radius 1 is 1.00 bits per heavy atom. The highest BCUT2D eigenvalue weighted by atomic mass is 32.2. The second-order valence-corrected chi connectivity index (χ2v) is 7.00. The Bertz CT molecular complexity index is 427. The van der Waals surface area contributed by atoms with Gasteiger partial charge in [0.25, 0.3) is 20.2 Å². The molecule has 0 aromatic rings. The first kappa shape index (κ1) is 18.7. The highest BCUT2D eigenvalue weighted by Gasteiger charge is 2.17. The van der Waals surface area contributed by atoms with Crippen molar-refractivity contribution in [2.75, 3.05) is 25.7 Å². The summed E-state index contributed by atoms with van der Waals surface area (Å²) in [5, 5.41) is 0. The van der Waals surface area contributed by atoms with Crippen LogP contribution in [0.2, 0.25) is 0 Å². The van der Waals surface area contributed by atoms with Crippen LogP contribution in [0.4, 0.5) is 0 Å². The van der Waals surface area contributed by atoms with E-state index in [0.717, 1.165) is 12.5 Å². The predicted molar refractivity (Wildman–Crippen MR) is 67.1 cm³/mol. The van der Waals surface area contributed by atoms with Crippen molar-refractivity contribution < 1.29 is 35.0 Å². The van der Waals surface area contributed by atoms with E-state index in [1.165, 1.54) is 0 Å². The van der Waals surface area contributed by atoms with E-state index < -0.39 is 26.5 Å². The summed E-state index contributed by atoms with van der Waals surface area (Å²) < 4.78 is 52.5. The van der Waals surface area contributed by atoms with Crippen molar-refractivity contribution >= 4 is 20.2 Å². The molecule has 0 heterocycles. The summed E-state index contributed by atoms with van der Waals surface area (Å²) in [6.45, 7) is 1.96. The monoisotopic (exact) mass is 320 g/mol. The van der Waals surface area contributed by atoms with Crippen LogP contribution in [0.3, 0.4) is 0 Å². The molecule has 19 heavy (non-hydrogen) atoms. The van der Waals surface area contributed by atoms with E-state index in [2.05, 4.69) is 13.3 Å². The number of rotatable bonds is 11. The van der Waals surface area contributed by atoms with E-state index in [9.17, 15) is 16.8 Å². The summed E-state index contributed by atoms with van der Waals surface area (Å²) >= 11 is 0. The molecular weight excluding hydrogens is 300 g/mol. The van der Waals surface area contributed by atoms with Crippen molar-refractivity contribution in [2.45, 2.75) is 32.5 Å². The smallest absolute Gasteiger partial charge is 0.266 e. The average Bonchev–Trinajstić information content (AvgIpc) is 2.21. The molecule has 8 nitrogen and oxygen atoms in total. The maximum atomic E-state index is 11.0. The van der Waals surface area contributed by atoms with Crippen LogP contribution in [-0.2, 0) is 38.4 Å². The molecule has 0 radical (unpaired) electrons. The van der Waals surface area contributed by atoms with Crippen LogP contribution >= 0.6 is 0 Å². The maximum absolute atomic E-state index is 11.0. The van der Waals surface area contributed by atoms with Crippen molar-refractivity contribution in [1.82, 2.24) is 0 Å². The van der Waals surface area contributed by atoms with Crippen LogP contribution < -0.4 is 0 Å². The quantitative estimate of drug-likeness (QED) is 0.177. The molecule has 0 aliphatic carbocycles. The minimum atomic E-state index is -3.65. The van der Waals surface area contributed by atoms with Crippen LogP contribution in [-0.4, -0.2) is 48.9 Å². The fraction of sp³-hybridized carbons (Fsp3) is 1.00. The van der Waals surface area contributed by atoms with Gasteiger partial charge in [0.1, 0.15) is 0 Å². The van der Waals surface area contributed by atoms with Crippen LogP contribution in [0.25, 0.3) is 0 Å². The second kappa shape index (κ2) is 8.82. The minimum absolute atomic E-state index is 0.0268. The third kappa shape index (κ3) is 14.0. The SMILES string of the molecule is CCOOC(CCCCOS(C)(=O)=O)OS(C)(=O)=O. The van der Waals surface area contributed by atoms with E-state index in [-0.39, 0.29) is 19.6 Å². The predicted octanol–water partition coefficient (Wildman–Crippen LogP) is 0.403. The summed E-state index contributed by atoms with van der Waals surface area (Å²) in [5.74, 6) is 0. The van der Waals surface area contributed by atoms with Gasteiger partial charge in [0, 0.05) is 6.42 Å². The summed E-state index contributed by atoms with van der Waals surface area (Å²) in [5.41, 5.74) is 0. The van der Waals surface area contributed by atoms with Crippen LogP contribution in [0, 0.1) is 0 Å². The largest absolute Gasteiger partial charge is 0.270 e. The van der Waals surface area contributed by atoms with Gasteiger partial charge in [0.15, 0.2) is 0 Å². The van der Waals surface area contributed by atoms with Crippen molar-refractivity contribution in [2.24, 2.45) is 0 Å². The summed E-state index contributed by atoms with van der Waals surface area (Å²) in [6.07, 6.45) is 1.94. The molecule has 0 aliphatic heterocycles. The molecule has 0 aromatic carbocycles. The van der Waals surface area contributed by atoms with E-state index in [1.807, 2.05) is 0 Å². The first-order valence-electron chi connectivity index (χ1n) is 5.65.